The lowest BCUT2D eigenvalue weighted by Crippen LogP contribution is -2.36. The fourth-order valence-electron chi connectivity index (χ4n) is 3.30. The molecular weight excluding hydrogens is 390 g/mol. The number of nitrogens with one attached hydrogen (secondary N) is 2. The van der Waals surface area contributed by atoms with Gasteiger partial charge in [0.1, 0.15) is 5.75 Å². The topological polar surface area (TPSA) is 98.7 Å². The fourth-order valence-corrected chi connectivity index (χ4v) is 4.81. The number of anilines is 1. The molecule has 1 atom stereocenters. The monoisotopic (exact) mass is 417 g/mol. The van der Waals surface area contributed by atoms with Crippen LogP contribution < -0.4 is 10.6 Å². The van der Waals surface area contributed by atoms with Gasteiger partial charge in [0.15, 0.2) is 0 Å². The number of phenolic OH excluding ortho intramolecular Hbond substituents is 1. The second kappa shape index (κ2) is 9.28. The zero-order chi connectivity index (χ0) is 20.9. The van der Waals surface area contributed by atoms with Crippen molar-refractivity contribution in [1.29, 1.82) is 0 Å². The first kappa shape index (κ1) is 21.1. The maximum Gasteiger partial charge on any atom is 0.319 e. The van der Waals surface area contributed by atoms with Crippen molar-refractivity contribution in [2.45, 2.75) is 43.5 Å². The van der Waals surface area contributed by atoms with E-state index < -0.39 is 10.0 Å². The number of hydrogen-bond acceptors (Lipinski definition) is 4. The first-order chi connectivity index (χ1) is 13.8. The van der Waals surface area contributed by atoms with Crippen molar-refractivity contribution < 1.29 is 18.3 Å². The number of carbonyl (C=O) groups is 1. The van der Waals surface area contributed by atoms with E-state index in [0.717, 1.165) is 31.2 Å². The van der Waals surface area contributed by atoms with E-state index in [9.17, 15) is 18.3 Å². The summed E-state index contributed by atoms with van der Waals surface area (Å²) in [5.74, 6) is 0.235. The standard InChI is InChI=1S/C21H27N3O4S/c1-16(4-5-17-6-10-19(25)11-7-17)22-21(26)23-18-8-12-20(13-9-18)29(27,28)24-14-2-3-15-24/h6-13,16,25H,2-5,14-15H2,1H3,(H2,22,23,26). The Balaban J connectivity index is 1.49. The second-order valence-corrected chi connectivity index (χ2v) is 9.28. The van der Waals surface area contributed by atoms with Gasteiger partial charge in [0.25, 0.3) is 0 Å². The molecule has 1 saturated heterocycles. The van der Waals surface area contributed by atoms with Crippen LogP contribution in [0.1, 0.15) is 31.7 Å². The van der Waals surface area contributed by atoms with Gasteiger partial charge in [0.2, 0.25) is 10.0 Å². The maximum absolute atomic E-state index is 12.5. The number of nitrogens with zero attached hydrogens (tertiary/aromatic N) is 1. The Morgan fingerprint density at radius 1 is 1.07 bits per heavy atom. The number of sulfonamides is 1. The SMILES string of the molecule is CC(CCc1ccc(O)cc1)NC(=O)Nc1ccc(S(=O)(=O)N2CCCC2)cc1. The Bertz CT molecular complexity index is 921. The normalized spacial score (nSPS) is 15.8. The number of rotatable bonds is 7. The third-order valence-electron chi connectivity index (χ3n) is 4.99. The first-order valence-electron chi connectivity index (χ1n) is 9.80. The first-order valence-corrected chi connectivity index (χ1v) is 11.2. The Labute approximate surface area is 171 Å². The minimum atomic E-state index is -3.45. The number of carbonyl (C=O) groups excluding carboxylic acids is 1. The van der Waals surface area contributed by atoms with Crippen molar-refractivity contribution in [3.8, 4) is 5.75 Å². The summed E-state index contributed by atoms with van der Waals surface area (Å²) in [7, 11) is -3.45. The van der Waals surface area contributed by atoms with Crippen LogP contribution in [-0.4, -0.2) is 43.0 Å². The van der Waals surface area contributed by atoms with Crippen molar-refractivity contribution in [2.24, 2.45) is 0 Å². The van der Waals surface area contributed by atoms with Gasteiger partial charge < -0.3 is 15.7 Å². The highest BCUT2D eigenvalue weighted by atomic mass is 32.2. The van der Waals surface area contributed by atoms with Crippen molar-refractivity contribution in [3.05, 3.63) is 54.1 Å². The third kappa shape index (κ3) is 5.71. The predicted octanol–water partition coefficient (Wildman–Crippen LogP) is 3.32. The van der Waals surface area contributed by atoms with E-state index in [1.807, 2.05) is 19.1 Å². The fraction of sp³-hybridized carbons (Fsp3) is 0.381. The van der Waals surface area contributed by atoms with Crippen LogP contribution in [0.25, 0.3) is 0 Å². The van der Waals surface area contributed by atoms with Crippen molar-refractivity contribution in [2.75, 3.05) is 18.4 Å². The quantitative estimate of drug-likeness (QED) is 0.644. The minimum absolute atomic E-state index is 0.0429. The van der Waals surface area contributed by atoms with E-state index >= 15 is 0 Å². The lowest BCUT2D eigenvalue weighted by Gasteiger charge is -2.16. The van der Waals surface area contributed by atoms with Gasteiger partial charge >= 0.3 is 6.03 Å². The van der Waals surface area contributed by atoms with Gasteiger partial charge in [-0.25, -0.2) is 13.2 Å². The summed E-state index contributed by atoms with van der Waals surface area (Å²) in [6, 6.07) is 12.9. The Morgan fingerprint density at radius 3 is 2.31 bits per heavy atom. The molecule has 3 rings (SSSR count). The summed E-state index contributed by atoms with van der Waals surface area (Å²) in [6.45, 7) is 3.05. The summed E-state index contributed by atoms with van der Waals surface area (Å²) in [5, 5.41) is 14.9. The molecule has 0 bridgehead atoms. The van der Waals surface area contributed by atoms with Gasteiger partial charge in [0, 0.05) is 24.8 Å². The Kier molecular flexibility index (Phi) is 6.76. The molecule has 8 heteroatoms. The molecule has 1 aliphatic heterocycles. The molecule has 29 heavy (non-hydrogen) atoms. The van der Waals surface area contributed by atoms with Crippen LogP contribution in [0, 0.1) is 0 Å². The highest BCUT2D eigenvalue weighted by Crippen LogP contribution is 2.22. The van der Waals surface area contributed by atoms with E-state index in [1.165, 1.54) is 16.4 Å². The van der Waals surface area contributed by atoms with Gasteiger partial charge in [-0.3, -0.25) is 0 Å². The van der Waals surface area contributed by atoms with E-state index in [1.54, 1.807) is 24.3 Å². The van der Waals surface area contributed by atoms with Gasteiger partial charge in [-0.05, 0) is 74.6 Å². The number of aryl methyl sites for hydroxylation is 1. The smallest absolute Gasteiger partial charge is 0.319 e. The Hall–Kier alpha value is -2.58. The average Bonchev–Trinajstić information content (AvgIpc) is 3.23. The van der Waals surface area contributed by atoms with Crippen LogP contribution in [-0.2, 0) is 16.4 Å². The van der Waals surface area contributed by atoms with Crippen LogP contribution in [0.2, 0.25) is 0 Å². The number of benzene rings is 2. The molecule has 2 amide bonds. The molecule has 0 radical (unpaired) electrons. The number of aromatic hydroxyl groups is 1. The summed E-state index contributed by atoms with van der Waals surface area (Å²) in [6.07, 6.45) is 3.32. The van der Waals surface area contributed by atoms with E-state index in [4.69, 9.17) is 0 Å². The Morgan fingerprint density at radius 2 is 1.69 bits per heavy atom. The summed E-state index contributed by atoms with van der Waals surface area (Å²) in [5.41, 5.74) is 1.63. The molecule has 0 aliphatic carbocycles. The van der Waals surface area contributed by atoms with Crippen LogP contribution in [0.15, 0.2) is 53.4 Å². The van der Waals surface area contributed by atoms with Gasteiger partial charge in [-0.15, -0.1) is 0 Å². The zero-order valence-electron chi connectivity index (χ0n) is 16.5. The van der Waals surface area contributed by atoms with Crippen LogP contribution in [0.5, 0.6) is 5.75 Å². The number of hydrogen-bond donors (Lipinski definition) is 3. The van der Waals surface area contributed by atoms with E-state index in [-0.39, 0.29) is 22.7 Å². The van der Waals surface area contributed by atoms with E-state index in [0.29, 0.717) is 18.8 Å². The largest absolute Gasteiger partial charge is 0.508 e. The lowest BCUT2D eigenvalue weighted by atomic mass is 10.1. The van der Waals surface area contributed by atoms with Crippen molar-refractivity contribution >= 4 is 21.7 Å². The molecule has 7 nitrogen and oxygen atoms in total. The predicted molar refractivity (Wildman–Crippen MR) is 112 cm³/mol. The maximum atomic E-state index is 12.5. The summed E-state index contributed by atoms with van der Waals surface area (Å²) >= 11 is 0. The molecule has 1 fully saturated rings. The highest BCUT2D eigenvalue weighted by molar-refractivity contribution is 7.89. The molecule has 156 valence electrons. The second-order valence-electron chi connectivity index (χ2n) is 7.34. The number of amides is 2. The summed E-state index contributed by atoms with van der Waals surface area (Å²) in [4.78, 5) is 12.4. The molecule has 0 saturated carbocycles. The van der Waals surface area contributed by atoms with Gasteiger partial charge in [0.05, 0.1) is 4.90 Å². The van der Waals surface area contributed by atoms with Gasteiger partial charge in [-0.2, -0.15) is 4.31 Å². The lowest BCUT2D eigenvalue weighted by molar-refractivity contribution is 0.248. The number of phenols is 1. The van der Waals surface area contributed by atoms with Gasteiger partial charge in [-0.1, -0.05) is 12.1 Å². The van der Waals surface area contributed by atoms with Crippen molar-refractivity contribution in [3.63, 3.8) is 0 Å². The average molecular weight is 418 g/mol. The van der Waals surface area contributed by atoms with Crippen LogP contribution >= 0.6 is 0 Å². The molecule has 1 heterocycles. The molecule has 0 spiro atoms. The zero-order valence-corrected chi connectivity index (χ0v) is 17.3. The molecule has 2 aromatic carbocycles. The molecule has 1 aliphatic rings. The minimum Gasteiger partial charge on any atom is -0.508 e. The van der Waals surface area contributed by atoms with E-state index in [2.05, 4.69) is 10.6 Å². The molecule has 2 aromatic rings. The third-order valence-corrected chi connectivity index (χ3v) is 6.91. The number of urea groups is 1. The molecule has 0 aromatic heterocycles. The summed E-state index contributed by atoms with van der Waals surface area (Å²) < 4.78 is 26.6. The molecule has 1 unspecified atom stereocenters. The van der Waals surface area contributed by atoms with Crippen LogP contribution in [0.4, 0.5) is 10.5 Å². The molecule has 3 N–H and O–H groups in total. The molecular formula is C21H27N3O4S. The highest BCUT2D eigenvalue weighted by Gasteiger charge is 2.26. The van der Waals surface area contributed by atoms with Crippen LogP contribution in [0.3, 0.4) is 0 Å². The van der Waals surface area contributed by atoms with Crippen molar-refractivity contribution in [1.82, 2.24) is 9.62 Å².